The zero-order chi connectivity index (χ0) is 35.0. The van der Waals surface area contributed by atoms with Gasteiger partial charge in [0.2, 0.25) is 23.6 Å². The average Bonchev–Trinajstić information content (AvgIpc) is 3.42. The lowest BCUT2D eigenvalue weighted by molar-refractivity contribution is -0.137. The Bertz CT molecular complexity index is 1790. The second kappa shape index (κ2) is 13.7. The Hall–Kier alpha value is -5.31. The number of imide groups is 4. The van der Waals surface area contributed by atoms with Crippen molar-refractivity contribution in [2.24, 2.45) is 5.73 Å². The highest BCUT2D eigenvalue weighted by Gasteiger charge is 2.46. The number of anilines is 1. The van der Waals surface area contributed by atoms with Gasteiger partial charge >= 0.3 is 0 Å². The summed E-state index contributed by atoms with van der Waals surface area (Å²) in [6, 6.07) is 7.41. The fraction of sp³-hybridized carbons (Fsp3) is 0.412. The molecule has 2 atom stereocenters. The van der Waals surface area contributed by atoms with E-state index in [2.05, 4.69) is 16.0 Å². The summed E-state index contributed by atoms with van der Waals surface area (Å²) in [5, 5.41) is 7.62. The quantitative estimate of drug-likeness (QED) is 0.346. The van der Waals surface area contributed by atoms with E-state index < -0.39 is 59.3 Å². The highest BCUT2D eigenvalue weighted by atomic mass is 19.1. The van der Waals surface area contributed by atoms with Crippen LogP contribution in [0.1, 0.15) is 106 Å². The molecule has 15 heteroatoms. The number of hydrogen-bond donors (Lipinski definition) is 4. The lowest BCUT2D eigenvalue weighted by Gasteiger charge is -2.28. The molecular weight excluding hydrogens is 639 g/mol. The first-order valence-electron chi connectivity index (χ1n) is 16.3. The molecule has 2 saturated heterocycles. The van der Waals surface area contributed by atoms with E-state index in [0.717, 1.165) is 40.5 Å². The Morgan fingerprint density at radius 3 is 1.49 bits per heavy atom. The SMILES string of the molecule is NC1CCC1.O=C1CCC(N2C(=O)c3ccc(F)cc3C2=O)C(=O)N1.O=C1CCC(N2C(=O)c3ccc(NC4CCC4)cc3C2=O)C(=O)N1. The van der Waals surface area contributed by atoms with Gasteiger partial charge in [0.15, 0.2) is 0 Å². The van der Waals surface area contributed by atoms with E-state index in [1.54, 1.807) is 18.2 Å². The number of nitrogens with one attached hydrogen (secondary N) is 3. The summed E-state index contributed by atoms with van der Waals surface area (Å²) in [5.74, 6) is -5.01. The molecule has 4 aliphatic heterocycles. The van der Waals surface area contributed by atoms with Gasteiger partial charge in [-0.1, -0.05) is 6.42 Å². The van der Waals surface area contributed by atoms with Gasteiger partial charge in [-0.2, -0.15) is 0 Å². The van der Waals surface area contributed by atoms with Crippen LogP contribution >= 0.6 is 0 Å². The number of hydrogen-bond acceptors (Lipinski definition) is 10. The van der Waals surface area contributed by atoms with Crippen molar-refractivity contribution in [3.63, 3.8) is 0 Å². The van der Waals surface area contributed by atoms with Crippen molar-refractivity contribution < 1.29 is 42.7 Å². The number of piperidine rings is 2. The van der Waals surface area contributed by atoms with Crippen molar-refractivity contribution in [2.75, 3.05) is 5.32 Å². The van der Waals surface area contributed by atoms with Crippen LogP contribution < -0.4 is 21.7 Å². The molecule has 0 radical (unpaired) electrons. The van der Waals surface area contributed by atoms with Crippen LogP contribution in [0.3, 0.4) is 0 Å². The van der Waals surface area contributed by atoms with Gasteiger partial charge in [-0.05, 0) is 81.3 Å². The first-order chi connectivity index (χ1) is 23.4. The van der Waals surface area contributed by atoms with Crippen LogP contribution in [0.5, 0.6) is 0 Å². The van der Waals surface area contributed by atoms with Crippen LogP contribution in [0.2, 0.25) is 0 Å². The van der Waals surface area contributed by atoms with E-state index in [-0.39, 0.29) is 42.7 Å². The highest BCUT2D eigenvalue weighted by Crippen LogP contribution is 2.31. The van der Waals surface area contributed by atoms with Gasteiger partial charge in [0.25, 0.3) is 23.6 Å². The maximum Gasteiger partial charge on any atom is 0.262 e. The molecule has 49 heavy (non-hydrogen) atoms. The number of halogens is 1. The summed E-state index contributed by atoms with van der Waals surface area (Å²) in [7, 11) is 0. The monoisotopic (exact) mass is 674 g/mol. The molecule has 256 valence electrons. The summed E-state index contributed by atoms with van der Waals surface area (Å²) in [6.07, 6.45) is 7.72. The fourth-order valence-electron chi connectivity index (χ4n) is 6.23. The zero-order valence-electron chi connectivity index (χ0n) is 26.5. The molecule has 14 nitrogen and oxygen atoms in total. The van der Waals surface area contributed by atoms with Gasteiger partial charge in [0.05, 0.1) is 22.3 Å². The lowest BCUT2D eigenvalue weighted by Crippen LogP contribution is -2.54. The Kier molecular flexibility index (Phi) is 9.37. The average molecular weight is 675 g/mol. The van der Waals surface area contributed by atoms with Crippen molar-refractivity contribution in [3.8, 4) is 0 Å². The molecule has 5 N–H and O–H groups in total. The van der Waals surface area contributed by atoms with Gasteiger partial charge in [0, 0.05) is 30.6 Å². The third kappa shape index (κ3) is 6.70. The van der Waals surface area contributed by atoms with E-state index in [1.807, 2.05) is 0 Å². The van der Waals surface area contributed by atoms with Crippen molar-refractivity contribution in [3.05, 3.63) is 64.5 Å². The van der Waals surface area contributed by atoms with Crippen LogP contribution in [0.25, 0.3) is 0 Å². The van der Waals surface area contributed by atoms with Gasteiger partial charge in [0.1, 0.15) is 17.9 Å². The minimum absolute atomic E-state index is 0.0537. The number of carbonyl (C=O) groups is 8. The van der Waals surface area contributed by atoms with Crippen LogP contribution in [0.15, 0.2) is 36.4 Å². The highest BCUT2D eigenvalue weighted by molar-refractivity contribution is 6.24. The summed E-state index contributed by atoms with van der Waals surface area (Å²) in [6.45, 7) is 0. The predicted octanol–water partition coefficient (Wildman–Crippen LogP) is 1.78. The Balaban J connectivity index is 0.000000151. The smallest absolute Gasteiger partial charge is 0.262 e. The van der Waals surface area contributed by atoms with Crippen LogP contribution in [0.4, 0.5) is 10.1 Å². The molecule has 4 heterocycles. The molecule has 0 spiro atoms. The minimum atomic E-state index is -1.02. The second-order valence-electron chi connectivity index (χ2n) is 12.8. The second-order valence-corrected chi connectivity index (χ2v) is 12.8. The van der Waals surface area contributed by atoms with Crippen molar-refractivity contribution in [2.45, 2.75) is 88.4 Å². The predicted molar refractivity (Wildman–Crippen MR) is 169 cm³/mol. The topological polar surface area (TPSA) is 205 Å². The van der Waals surface area contributed by atoms with Crippen LogP contribution in [-0.2, 0) is 19.2 Å². The van der Waals surface area contributed by atoms with Crippen molar-refractivity contribution in [1.82, 2.24) is 20.4 Å². The number of amides is 8. The molecule has 8 amide bonds. The molecule has 2 aliphatic carbocycles. The molecule has 0 bridgehead atoms. The third-order valence-electron chi connectivity index (χ3n) is 9.47. The molecule has 2 aromatic rings. The maximum atomic E-state index is 13.2. The third-order valence-corrected chi connectivity index (χ3v) is 9.47. The molecule has 0 aromatic heterocycles. The van der Waals surface area contributed by atoms with E-state index >= 15 is 0 Å². The van der Waals surface area contributed by atoms with Gasteiger partial charge in [-0.3, -0.25) is 58.8 Å². The van der Waals surface area contributed by atoms with Crippen LogP contribution in [0, 0.1) is 5.82 Å². The number of fused-ring (bicyclic) bond motifs is 2. The molecule has 2 unspecified atom stereocenters. The first-order valence-corrected chi connectivity index (χ1v) is 16.3. The summed E-state index contributed by atoms with van der Waals surface area (Å²) < 4.78 is 13.2. The zero-order valence-corrected chi connectivity index (χ0v) is 26.5. The number of benzene rings is 2. The molecular formula is C34H35FN6O8. The van der Waals surface area contributed by atoms with Crippen LogP contribution in [-0.4, -0.2) is 81.2 Å². The Morgan fingerprint density at radius 2 is 1.06 bits per heavy atom. The van der Waals surface area contributed by atoms with Gasteiger partial charge in [-0.15, -0.1) is 0 Å². The number of nitrogens with zero attached hydrogens (tertiary/aromatic N) is 2. The van der Waals surface area contributed by atoms with Gasteiger partial charge in [-0.25, -0.2) is 4.39 Å². The fourth-order valence-corrected chi connectivity index (χ4v) is 6.23. The number of nitrogens with two attached hydrogens (primary N) is 1. The molecule has 2 aromatic carbocycles. The number of carbonyl (C=O) groups excluding carboxylic acids is 8. The first kappa shape index (κ1) is 33.6. The maximum absolute atomic E-state index is 13.2. The minimum Gasteiger partial charge on any atom is -0.382 e. The largest absolute Gasteiger partial charge is 0.382 e. The Morgan fingerprint density at radius 1 is 0.612 bits per heavy atom. The standard InChI is InChI=1S/C17H17N3O4.C13H9FN2O4.C4H9N/c21-14-7-6-13(15(22)19-14)20-16(23)11-5-4-10(8-12(11)17(20)24)18-9-2-1-3-9;14-6-1-2-7-8(5-6)13(20)16(12(7)19)9-3-4-10(17)15-11(9)18;5-4-2-1-3-4/h4-5,8-9,13,18H,1-3,6-7H2,(H,19,21,22);1-2,5,9H,3-4H2,(H,15,17,18);4H,1-3,5H2. The molecule has 6 aliphatic rings. The number of rotatable bonds is 4. The molecule has 2 saturated carbocycles. The molecule has 8 rings (SSSR count). The molecule has 4 fully saturated rings. The summed E-state index contributed by atoms with van der Waals surface area (Å²) in [5.41, 5.74) is 6.83. The van der Waals surface area contributed by atoms with E-state index in [1.165, 1.54) is 31.7 Å². The van der Waals surface area contributed by atoms with Gasteiger partial charge < -0.3 is 11.1 Å². The van der Waals surface area contributed by atoms with E-state index in [9.17, 15) is 42.7 Å². The lowest BCUT2D eigenvalue weighted by atomic mass is 9.93. The summed E-state index contributed by atoms with van der Waals surface area (Å²) >= 11 is 0. The Labute approximate surface area is 279 Å². The van der Waals surface area contributed by atoms with Crippen molar-refractivity contribution >= 4 is 52.9 Å². The van der Waals surface area contributed by atoms with Crippen molar-refractivity contribution in [1.29, 1.82) is 0 Å². The van der Waals surface area contributed by atoms with E-state index in [4.69, 9.17) is 5.73 Å². The normalized spacial score (nSPS) is 23.3. The van der Waals surface area contributed by atoms with E-state index in [0.29, 0.717) is 23.2 Å². The summed E-state index contributed by atoms with van der Waals surface area (Å²) in [4.78, 5) is 97.4.